The number of rotatable bonds is 3. The molecule has 33 heavy (non-hydrogen) atoms. The fourth-order valence-electron chi connectivity index (χ4n) is 3.36. The molecule has 2 aliphatic rings. The van der Waals surface area contributed by atoms with Crippen LogP contribution in [0.3, 0.4) is 0 Å². The molecule has 9 heteroatoms. The van der Waals surface area contributed by atoms with E-state index in [4.69, 9.17) is 23.2 Å². The quantitative estimate of drug-likeness (QED) is 0.436. The molecule has 0 spiro atoms. The van der Waals surface area contributed by atoms with Crippen LogP contribution in [0.25, 0.3) is 0 Å². The van der Waals surface area contributed by atoms with Crippen molar-refractivity contribution < 1.29 is 23.1 Å². The highest BCUT2D eigenvalue weighted by Gasteiger charge is 2.53. The van der Waals surface area contributed by atoms with Gasteiger partial charge in [-0.2, -0.15) is 13.2 Å². The summed E-state index contributed by atoms with van der Waals surface area (Å²) in [7, 11) is 0. The van der Waals surface area contributed by atoms with Crippen LogP contribution >= 0.6 is 23.2 Å². The zero-order chi connectivity index (χ0) is 24.8. The predicted octanol–water partition coefficient (Wildman–Crippen LogP) is 6.68. The normalized spacial score (nSPS) is 18.8. The SMILES string of the molecule is C1CCC1.CCNCC.Cc1cc2c(c(C(F)(F)F)c1)C(O)(c1ccc(Cl)cc1Cl)C(=O)N2. The molecule has 2 aromatic rings. The Bertz CT molecular complexity index is 973. The van der Waals surface area contributed by atoms with Crippen molar-refractivity contribution in [2.24, 2.45) is 0 Å². The van der Waals surface area contributed by atoms with Gasteiger partial charge in [-0.05, 0) is 49.8 Å². The van der Waals surface area contributed by atoms with Gasteiger partial charge in [0.25, 0.3) is 5.91 Å². The monoisotopic (exact) mass is 504 g/mol. The van der Waals surface area contributed by atoms with Crippen LogP contribution in [0, 0.1) is 6.92 Å². The zero-order valence-corrected chi connectivity index (χ0v) is 20.4. The van der Waals surface area contributed by atoms with Crippen LogP contribution in [-0.4, -0.2) is 24.1 Å². The highest BCUT2D eigenvalue weighted by atomic mass is 35.5. The number of nitrogens with one attached hydrogen (secondary N) is 2. The molecule has 0 aromatic heterocycles. The molecule has 1 amide bonds. The Morgan fingerprint density at radius 3 is 2.06 bits per heavy atom. The molecule has 1 aliphatic heterocycles. The lowest BCUT2D eigenvalue weighted by Crippen LogP contribution is -2.37. The zero-order valence-electron chi connectivity index (χ0n) is 18.9. The van der Waals surface area contributed by atoms with Crippen molar-refractivity contribution in [2.75, 3.05) is 18.4 Å². The minimum absolute atomic E-state index is 0.0964. The molecule has 1 atom stereocenters. The number of fused-ring (bicyclic) bond motifs is 1. The fourth-order valence-corrected chi connectivity index (χ4v) is 3.91. The first kappa shape index (κ1) is 27.4. The Balaban J connectivity index is 0.000000359. The van der Waals surface area contributed by atoms with E-state index in [1.807, 2.05) is 0 Å². The second-order valence-electron chi connectivity index (χ2n) is 7.89. The lowest BCUT2D eigenvalue weighted by Gasteiger charge is -2.25. The Labute approximate surface area is 202 Å². The second-order valence-corrected chi connectivity index (χ2v) is 8.74. The third-order valence-electron chi connectivity index (χ3n) is 5.35. The van der Waals surface area contributed by atoms with Gasteiger partial charge in [-0.3, -0.25) is 4.79 Å². The predicted molar refractivity (Wildman–Crippen MR) is 127 cm³/mol. The Hall–Kier alpha value is -1.80. The average molecular weight is 505 g/mol. The molecule has 0 radical (unpaired) electrons. The van der Waals surface area contributed by atoms with Crippen molar-refractivity contribution in [2.45, 2.75) is 58.2 Å². The molecule has 1 saturated carbocycles. The van der Waals surface area contributed by atoms with Gasteiger partial charge < -0.3 is 15.7 Å². The van der Waals surface area contributed by atoms with E-state index in [1.165, 1.54) is 56.9 Å². The van der Waals surface area contributed by atoms with Gasteiger partial charge in [0.2, 0.25) is 0 Å². The standard InChI is InChI=1S/C16H10Cl2F3NO2.C4H11N.C4H8/c1-7-4-10(16(19,20)21)13-12(5-7)22-14(23)15(13,24)9-3-2-8(17)6-11(9)18;1-3-5-4-2;1-2-4-3-1/h2-6,24H,1H3,(H,22,23);5H,3-4H2,1-2H3;1-4H2. The van der Waals surface area contributed by atoms with E-state index in [2.05, 4.69) is 24.5 Å². The fraction of sp³-hybridized carbons (Fsp3) is 0.458. The van der Waals surface area contributed by atoms with Crippen LogP contribution in [0.5, 0.6) is 0 Å². The van der Waals surface area contributed by atoms with Crippen molar-refractivity contribution in [3.8, 4) is 0 Å². The number of aliphatic hydroxyl groups is 1. The molecule has 1 heterocycles. The molecule has 1 fully saturated rings. The third-order valence-corrected chi connectivity index (χ3v) is 5.90. The minimum Gasteiger partial charge on any atom is -0.372 e. The van der Waals surface area contributed by atoms with E-state index in [0.29, 0.717) is 5.56 Å². The molecule has 4 nitrogen and oxygen atoms in total. The Morgan fingerprint density at radius 1 is 1.06 bits per heavy atom. The summed E-state index contributed by atoms with van der Waals surface area (Å²) >= 11 is 11.8. The number of alkyl halides is 3. The topological polar surface area (TPSA) is 61.4 Å². The highest BCUT2D eigenvalue weighted by Crippen LogP contribution is 2.49. The lowest BCUT2D eigenvalue weighted by molar-refractivity contribution is -0.141. The maximum Gasteiger partial charge on any atom is 0.416 e. The van der Waals surface area contributed by atoms with Gasteiger partial charge >= 0.3 is 6.18 Å². The number of halogens is 5. The van der Waals surface area contributed by atoms with Crippen molar-refractivity contribution in [3.63, 3.8) is 0 Å². The van der Waals surface area contributed by atoms with Gasteiger partial charge in [-0.1, -0.05) is 68.8 Å². The molecule has 1 aliphatic carbocycles. The first-order valence-corrected chi connectivity index (χ1v) is 11.6. The van der Waals surface area contributed by atoms with Crippen molar-refractivity contribution in [3.05, 3.63) is 62.6 Å². The average Bonchev–Trinajstić information content (AvgIpc) is 2.90. The summed E-state index contributed by atoms with van der Waals surface area (Å²) < 4.78 is 40.4. The summed E-state index contributed by atoms with van der Waals surface area (Å²) in [5, 5.41) is 16.5. The van der Waals surface area contributed by atoms with E-state index < -0.39 is 28.8 Å². The molecule has 0 bridgehead atoms. The van der Waals surface area contributed by atoms with Crippen molar-refractivity contribution in [1.82, 2.24) is 5.32 Å². The maximum absolute atomic E-state index is 13.5. The van der Waals surface area contributed by atoms with Gasteiger partial charge in [-0.25, -0.2) is 0 Å². The third kappa shape index (κ3) is 6.41. The molecular weight excluding hydrogens is 476 g/mol. The summed E-state index contributed by atoms with van der Waals surface area (Å²) in [5.74, 6) is -1.00. The first-order valence-electron chi connectivity index (χ1n) is 10.9. The van der Waals surface area contributed by atoms with E-state index in [-0.39, 0.29) is 21.3 Å². The number of carbonyl (C=O) groups is 1. The lowest BCUT2D eigenvalue weighted by atomic mass is 9.84. The minimum atomic E-state index is -4.75. The Morgan fingerprint density at radius 2 is 1.64 bits per heavy atom. The maximum atomic E-state index is 13.5. The van der Waals surface area contributed by atoms with Crippen molar-refractivity contribution in [1.29, 1.82) is 0 Å². The van der Waals surface area contributed by atoms with Gasteiger partial charge in [-0.15, -0.1) is 0 Å². The van der Waals surface area contributed by atoms with E-state index >= 15 is 0 Å². The molecule has 2 aromatic carbocycles. The van der Waals surface area contributed by atoms with Gasteiger partial charge in [0, 0.05) is 26.9 Å². The number of hydrogen-bond donors (Lipinski definition) is 3. The summed E-state index contributed by atoms with van der Waals surface area (Å²) in [6, 6.07) is 6.08. The molecule has 3 N–H and O–H groups in total. The number of benzene rings is 2. The van der Waals surface area contributed by atoms with Crippen LogP contribution in [0.15, 0.2) is 30.3 Å². The molecular formula is C24H29Cl2F3N2O2. The Kier molecular flexibility index (Phi) is 9.61. The van der Waals surface area contributed by atoms with Crippen LogP contribution in [0.4, 0.5) is 18.9 Å². The second kappa shape index (κ2) is 11.6. The summed E-state index contributed by atoms with van der Waals surface area (Å²) in [5.41, 5.74) is -4.18. The summed E-state index contributed by atoms with van der Waals surface area (Å²) in [6.07, 6.45) is 1.25. The molecule has 0 saturated heterocycles. The van der Waals surface area contributed by atoms with Crippen LogP contribution in [0.2, 0.25) is 10.0 Å². The number of anilines is 1. The number of carbonyl (C=O) groups excluding carboxylic acids is 1. The number of hydrogen-bond acceptors (Lipinski definition) is 3. The van der Waals surface area contributed by atoms with Crippen LogP contribution < -0.4 is 10.6 Å². The summed E-state index contributed by atoms with van der Waals surface area (Å²) in [4.78, 5) is 12.4. The number of aryl methyl sites for hydroxylation is 1. The molecule has 182 valence electrons. The largest absolute Gasteiger partial charge is 0.416 e. The van der Waals surface area contributed by atoms with E-state index in [9.17, 15) is 23.1 Å². The van der Waals surface area contributed by atoms with E-state index in [1.54, 1.807) is 0 Å². The van der Waals surface area contributed by atoms with Crippen LogP contribution in [-0.2, 0) is 16.6 Å². The van der Waals surface area contributed by atoms with Gasteiger partial charge in [0.1, 0.15) is 0 Å². The van der Waals surface area contributed by atoms with E-state index in [0.717, 1.165) is 19.2 Å². The summed E-state index contributed by atoms with van der Waals surface area (Å²) in [6.45, 7) is 7.86. The molecule has 4 rings (SSSR count). The molecule has 1 unspecified atom stereocenters. The smallest absolute Gasteiger partial charge is 0.372 e. The van der Waals surface area contributed by atoms with Gasteiger partial charge in [0.05, 0.1) is 5.56 Å². The van der Waals surface area contributed by atoms with Gasteiger partial charge in [0.15, 0.2) is 5.60 Å². The number of amides is 1. The van der Waals surface area contributed by atoms with Crippen molar-refractivity contribution >= 4 is 34.8 Å². The van der Waals surface area contributed by atoms with Crippen LogP contribution in [0.1, 0.15) is 61.8 Å². The first-order chi connectivity index (χ1) is 15.5. The highest BCUT2D eigenvalue weighted by molar-refractivity contribution is 6.35.